The van der Waals surface area contributed by atoms with Crippen LogP contribution < -0.4 is 4.90 Å². The third kappa shape index (κ3) is 3.08. The molecule has 1 saturated heterocycles. The van der Waals surface area contributed by atoms with Crippen molar-refractivity contribution in [2.24, 2.45) is 0 Å². The zero-order valence-corrected chi connectivity index (χ0v) is 15.8. The zero-order valence-electron chi connectivity index (χ0n) is 14.2. The summed E-state index contributed by atoms with van der Waals surface area (Å²) in [5.41, 5.74) is 1.23. The van der Waals surface area contributed by atoms with Crippen molar-refractivity contribution in [1.82, 2.24) is 19.7 Å². The lowest BCUT2D eigenvalue weighted by Crippen LogP contribution is -2.36. The molecule has 1 atom stereocenters. The molecule has 4 rings (SSSR count). The first-order valence-corrected chi connectivity index (χ1v) is 9.81. The van der Waals surface area contributed by atoms with Crippen molar-refractivity contribution in [3.8, 4) is 0 Å². The summed E-state index contributed by atoms with van der Waals surface area (Å²) in [5, 5.41) is 9.08. The van der Waals surface area contributed by atoms with Gasteiger partial charge in [0.15, 0.2) is 0 Å². The number of hydrogen-bond donors (Lipinski definition) is 0. The molecule has 4 heterocycles. The molecule has 2 aromatic rings. The molecule has 2 aliphatic heterocycles. The third-order valence-electron chi connectivity index (χ3n) is 5.24. The largest absolute Gasteiger partial charge is 0.356 e. The maximum atomic E-state index is 4.66. The van der Waals surface area contributed by atoms with Gasteiger partial charge in [-0.05, 0) is 60.2 Å². The van der Waals surface area contributed by atoms with Crippen LogP contribution in [-0.2, 0) is 13.0 Å². The minimum Gasteiger partial charge on any atom is -0.356 e. The van der Waals surface area contributed by atoms with Gasteiger partial charge < -0.3 is 9.47 Å². The Morgan fingerprint density at radius 3 is 2.92 bits per heavy atom. The molecular formula is C18H24BrN5. The fourth-order valence-electron chi connectivity index (χ4n) is 4.05. The van der Waals surface area contributed by atoms with Gasteiger partial charge in [0.05, 0.1) is 0 Å². The molecule has 2 aromatic heterocycles. The summed E-state index contributed by atoms with van der Waals surface area (Å²) in [6, 6.07) is 2.15. The SMILES string of the molecule is Cc1cc(Br)cnc1N1CCC[C@H](c2nnc3n2CCCCC3)C1. The van der Waals surface area contributed by atoms with Gasteiger partial charge in [-0.1, -0.05) is 6.42 Å². The first kappa shape index (κ1) is 16.1. The molecule has 0 spiro atoms. The van der Waals surface area contributed by atoms with Crippen LogP contribution in [0.4, 0.5) is 5.82 Å². The molecule has 128 valence electrons. The number of rotatable bonds is 2. The average Bonchev–Trinajstić information content (AvgIpc) is 2.84. The third-order valence-corrected chi connectivity index (χ3v) is 5.68. The van der Waals surface area contributed by atoms with E-state index in [2.05, 4.69) is 53.6 Å². The maximum absolute atomic E-state index is 4.66. The Morgan fingerprint density at radius 1 is 1.12 bits per heavy atom. The lowest BCUT2D eigenvalue weighted by Gasteiger charge is -2.34. The second kappa shape index (κ2) is 6.82. The van der Waals surface area contributed by atoms with Crippen molar-refractivity contribution in [3.63, 3.8) is 0 Å². The van der Waals surface area contributed by atoms with E-state index in [1.807, 2.05) is 6.20 Å². The monoisotopic (exact) mass is 389 g/mol. The summed E-state index contributed by atoms with van der Waals surface area (Å²) in [6.45, 7) is 5.30. The highest BCUT2D eigenvalue weighted by Gasteiger charge is 2.28. The van der Waals surface area contributed by atoms with E-state index in [0.29, 0.717) is 5.92 Å². The van der Waals surface area contributed by atoms with Gasteiger partial charge in [-0.15, -0.1) is 10.2 Å². The lowest BCUT2D eigenvalue weighted by molar-refractivity contribution is 0.463. The summed E-state index contributed by atoms with van der Waals surface area (Å²) < 4.78 is 3.45. The zero-order chi connectivity index (χ0) is 16.5. The van der Waals surface area contributed by atoms with E-state index in [-0.39, 0.29) is 0 Å². The highest BCUT2D eigenvalue weighted by molar-refractivity contribution is 9.10. The van der Waals surface area contributed by atoms with Crippen LogP contribution in [0, 0.1) is 6.92 Å². The minimum absolute atomic E-state index is 0.461. The van der Waals surface area contributed by atoms with Crippen LogP contribution in [0.2, 0.25) is 0 Å². The first-order chi connectivity index (χ1) is 11.7. The van der Waals surface area contributed by atoms with Crippen molar-refractivity contribution in [1.29, 1.82) is 0 Å². The number of halogens is 1. The summed E-state index contributed by atoms with van der Waals surface area (Å²) in [6.07, 6.45) is 9.17. The fraction of sp³-hybridized carbons (Fsp3) is 0.611. The molecular weight excluding hydrogens is 366 g/mol. The molecule has 0 N–H and O–H groups in total. The minimum atomic E-state index is 0.461. The Bertz CT molecular complexity index is 726. The second-order valence-corrected chi connectivity index (χ2v) is 7.93. The predicted molar refractivity (Wildman–Crippen MR) is 98.4 cm³/mol. The van der Waals surface area contributed by atoms with E-state index >= 15 is 0 Å². The number of pyridine rings is 1. The van der Waals surface area contributed by atoms with E-state index in [9.17, 15) is 0 Å². The molecule has 6 heteroatoms. The molecule has 0 radical (unpaired) electrons. The standard InChI is InChI=1S/C18H24BrN5/c1-13-10-15(19)11-20-17(13)23-8-5-6-14(12-23)18-22-21-16-7-3-2-4-9-24(16)18/h10-11,14H,2-9,12H2,1H3/t14-/m0/s1. The molecule has 2 aliphatic rings. The topological polar surface area (TPSA) is 46.8 Å². The summed E-state index contributed by atoms with van der Waals surface area (Å²) >= 11 is 3.51. The van der Waals surface area contributed by atoms with E-state index < -0.39 is 0 Å². The lowest BCUT2D eigenvalue weighted by atomic mass is 9.96. The van der Waals surface area contributed by atoms with Gasteiger partial charge in [0.1, 0.15) is 17.5 Å². The van der Waals surface area contributed by atoms with Crippen molar-refractivity contribution in [3.05, 3.63) is 33.9 Å². The smallest absolute Gasteiger partial charge is 0.137 e. The fourth-order valence-corrected chi connectivity index (χ4v) is 4.50. The number of aryl methyl sites for hydroxylation is 2. The van der Waals surface area contributed by atoms with Gasteiger partial charge >= 0.3 is 0 Å². The number of piperidine rings is 1. The van der Waals surface area contributed by atoms with Crippen molar-refractivity contribution >= 4 is 21.7 Å². The average molecular weight is 390 g/mol. The molecule has 0 aromatic carbocycles. The number of fused-ring (bicyclic) bond motifs is 1. The summed E-state index contributed by atoms with van der Waals surface area (Å²) in [7, 11) is 0. The number of nitrogens with zero attached hydrogens (tertiary/aromatic N) is 5. The molecule has 0 saturated carbocycles. The Morgan fingerprint density at radius 2 is 2.04 bits per heavy atom. The number of aromatic nitrogens is 4. The Balaban J connectivity index is 1.58. The highest BCUT2D eigenvalue weighted by atomic mass is 79.9. The molecule has 24 heavy (non-hydrogen) atoms. The quantitative estimate of drug-likeness (QED) is 0.782. The van der Waals surface area contributed by atoms with Crippen molar-refractivity contribution in [2.75, 3.05) is 18.0 Å². The van der Waals surface area contributed by atoms with E-state index in [1.54, 1.807) is 0 Å². The Labute approximate surface area is 151 Å². The second-order valence-electron chi connectivity index (χ2n) is 7.02. The van der Waals surface area contributed by atoms with Gasteiger partial charge in [-0.2, -0.15) is 0 Å². The summed E-state index contributed by atoms with van der Waals surface area (Å²) in [4.78, 5) is 7.08. The van der Waals surface area contributed by atoms with Crippen LogP contribution in [0.15, 0.2) is 16.7 Å². The van der Waals surface area contributed by atoms with Gasteiger partial charge in [-0.3, -0.25) is 0 Å². The maximum Gasteiger partial charge on any atom is 0.137 e. The molecule has 0 amide bonds. The van der Waals surface area contributed by atoms with Crippen LogP contribution in [0.5, 0.6) is 0 Å². The Hall–Kier alpha value is -1.43. The Kier molecular flexibility index (Phi) is 4.57. The van der Waals surface area contributed by atoms with E-state index in [1.165, 1.54) is 49.3 Å². The predicted octanol–water partition coefficient (Wildman–Crippen LogP) is 3.85. The van der Waals surface area contributed by atoms with Crippen LogP contribution in [0.1, 0.15) is 55.2 Å². The van der Waals surface area contributed by atoms with Crippen molar-refractivity contribution in [2.45, 2.75) is 57.9 Å². The molecule has 1 fully saturated rings. The molecule has 0 aliphatic carbocycles. The molecule has 5 nitrogen and oxygen atoms in total. The van der Waals surface area contributed by atoms with Gasteiger partial charge in [0, 0.05) is 42.6 Å². The number of hydrogen-bond acceptors (Lipinski definition) is 4. The summed E-state index contributed by atoms with van der Waals surface area (Å²) in [5.74, 6) is 3.96. The van der Waals surface area contributed by atoms with E-state index in [4.69, 9.17) is 0 Å². The van der Waals surface area contributed by atoms with Gasteiger partial charge in [0.25, 0.3) is 0 Å². The molecule has 0 bridgehead atoms. The van der Waals surface area contributed by atoms with Gasteiger partial charge in [0.2, 0.25) is 0 Å². The van der Waals surface area contributed by atoms with Crippen LogP contribution in [0.3, 0.4) is 0 Å². The van der Waals surface area contributed by atoms with E-state index in [0.717, 1.165) is 36.3 Å². The van der Waals surface area contributed by atoms with Crippen LogP contribution >= 0.6 is 15.9 Å². The van der Waals surface area contributed by atoms with Crippen LogP contribution in [0.25, 0.3) is 0 Å². The van der Waals surface area contributed by atoms with Crippen LogP contribution in [-0.4, -0.2) is 32.8 Å². The van der Waals surface area contributed by atoms with Crippen molar-refractivity contribution < 1.29 is 0 Å². The highest BCUT2D eigenvalue weighted by Crippen LogP contribution is 2.31. The molecule has 0 unspecified atom stereocenters. The first-order valence-electron chi connectivity index (χ1n) is 9.01. The number of anilines is 1. The normalized spacial score (nSPS) is 21.4. The van der Waals surface area contributed by atoms with Gasteiger partial charge in [-0.25, -0.2) is 4.98 Å².